The van der Waals surface area contributed by atoms with Gasteiger partial charge >= 0.3 is 0 Å². The highest BCUT2D eigenvalue weighted by Crippen LogP contribution is 2.19. The Balaban J connectivity index is 1.60. The molecule has 0 radical (unpaired) electrons. The Morgan fingerprint density at radius 1 is 1.33 bits per heavy atom. The predicted molar refractivity (Wildman–Crippen MR) is 88.9 cm³/mol. The van der Waals surface area contributed by atoms with E-state index in [9.17, 15) is 13.2 Å². The second-order valence-electron chi connectivity index (χ2n) is 5.97. The molecule has 1 atom stereocenters. The minimum absolute atomic E-state index is 0.242. The van der Waals surface area contributed by atoms with Gasteiger partial charge in [-0.05, 0) is 25.0 Å². The van der Waals surface area contributed by atoms with E-state index in [2.05, 4.69) is 15.5 Å². The summed E-state index contributed by atoms with van der Waals surface area (Å²) < 4.78 is 26.8. The lowest BCUT2D eigenvalue weighted by atomic mass is 10.0. The first kappa shape index (κ1) is 16.8. The molecule has 1 aliphatic rings. The summed E-state index contributed by atoms with van der Waals surface area (Å²) in [5.74, 6) is 0.517. The number of nitrogens with one attached hydrogen (secondary N) is 1. The molecule has 0 bridgehead atoms. The SMILES string of the molecule is CS(=O)(=O)N1CCCCC1C(=O)NCCc1nnc2ccccn12. The zero-order valence-electron chi connectivity index (χ0n) is 13.6. The van der Waals surface area contributed by atoms with Crippen LogP contribution in [0.4, 0.5) is 0 Å². The Morgan fingerprint density at radius 2 is 2.17 bits per heavy atom. The number of aromatic nitrogens is 3. The number of rotatable bonds is 5. The molecule has 0 spiro atoms. The zero-order valence-corrected chi connectivity index (χ0v) is 14.4. The van der Waals surface area contributed by atoms with Crippen LogP contribution in [0.25, 0.3) is 5.65 Å². The van der Waals surface area contributed by atoms with Gasteiger partial charge in [0, 0.05) is 25.7 Å². The summed E-state index contributed by atoms with van der Waals surface area (Å²) in [4.78, 5) is 12.4. The molecule has 1 amide bonds. The lowest BCUT2D eigenvalue weighted by Crippen LogP contribution is -2.51. The van der Waals surface area contributed by atoms with Crippen LogP contribution in [0.1, 0.15) is 25.1 Å². The minimum atomic E-state index is -3.37. The molecular weight excluding hydrogens is 330 g/mol. The maximum Gasteiger partial charge on any atom is 0.238 e. The molecule has 1 saturated heterocycles. The first-order valence-corrected chi connectivity index (χ1v) is 9.85. The average Bonchev–Trinajstić information content (AvgIpc) is 2.97. The van der Waals surface area contributed by atoms with E-state index < -0.39 is 16.1 Å². The normalized spacial score (nSPS) is 19.5. The molecule has 24 heavy (non-hydrogen) atoms. The van der Waals surface area contributed by atoms with E-state index in [1.807, 2.05) is 28.8 Å². The van der Waals surface area contributed by atoms with E-state index in [-0.39, 0.29) is 5.91 Å². The van der Waals surface area contributed by atoms with Crippen LogP contribution < -0.4 is 5.32 Å². The minimum Gasteiger partial charge on any atom is -0.354 e. The Morgan fingerprint density at radius 3 is 2.96 bits per heavy atom. The fraction of sp³-hybridized carbons (Fsp3) is 0.533. The van der Waals surface area contributed by atoms with Crippen LogP contribution in [0.15, 0.2) is 24.4 Å². The van der Waals surface area contributed by atoms with Gasteiger partial charge in [0.15, 0.2) is 5.65 Å². The summed E-state index contributed by atoms with van der Waals surface area (Å²) in [6, 6.07) is 5.04. The van der Waals surface area contributed by atoms with Crippen LogP contribution in [-0.4, -0.2) is 58.6 Å². The Kier molecular flexibility index (Phi) is 4.81. The zero-order chi connectivity index (χ0) is 17.2. The monoisotopic (exact) mass is 351 g/mol. The average molecular weight is 351 g/mol. The van der Waals surface area contributed by atoms with Crippen LogP contribution in [0, 0.1) is 0 Å². The maximum absolute atomic E-state index is 12.4. The van der Waals surface area contributed by atoms with Crippen molar-refractivity contribution in [2.45, 2.75) is 31.7 Å². The van der Waals surface area contributed by atoms with E-state index in [0.29, 0.717) is 25.9 Å². The Labute approximate surface area is 140 Å². The van der Waals surface area contributed by atoms with Crippen molar-refractivity contribution < 1.29 is 13.2 Å². The topological polar surface area (TPSA) is 96.7 Å². The van der Waals surface area contributed by atoms with Crippen molar-refractivity contribution in [2.75, 3.05) is 19.3 Å². The van der Waals surface area contributed by atoms with Gasteiger partial charge < -0.3 is 5.32 Å². The summed E-state index contributed by atoms with van der Waals surface area (Å²) in [5, 5.41) is 11.0. The number of hydrogen-bond donors (Lipinski definition) is 1. The molecule has 1 fully saturated rings. The molecular formula is C15H21N5O3S. The van der Waals surface area contributed by atoms with Crippen molar-refractivity contribution in [1.82, 2.24) is 24.2 Å². The lowest BCUT2D eigenvalue weighted by Gasteiger charge is -2.32. The second kappa shape index (κ2) is 6.86. The van der Waals surface area contributed by atoms with Gasteiger partial charge in [-0.25, -0.2) is 8.42 Å². The molecule has 0 aromatic carbocycles. The summed E-state index contributed by atoms with van der Waals surface area (Å²) in [6.45, 7) is 0.800. The number of piperidine rings is 1. The highest BCUT2D eigenvalue weighted by Gasteiger charge is 2.34. The quantitative estimate of drug-likeness (QED) is 0.830. The number of hydrogen-bond acceptors (Lipinski definition) is 5. The van der Waals surface area contributed by atoms with Crippen LogP contribution in [-0.2, 0) is 21.2 Å². The van der Waals surface area contributed by atoms with E-state index in [1.165, 1.54) is 4.31 Å². The van der Waals surface area contributed by atoms with Gasteiger partial charge in [0.25, 0.3) is 0 Å². The number of amides is 1. The van der Waals surface area contributed by atoms with E-state index in [4.69, 9.17) is 0 Å². The largest absolute Gasteiger partial charge is 0.354 e. The van der Waals surface area contributed by atoms with Crippen molar-refractivity contribution in [1.29, 1.82) is 0 Å². The summed E-state index contributed by atoms with van der Waals surface area (Å²) in [6.07, 6.45) is 5.77. The highest BCUT2D eigenvalue weighted by molar-refractivity contribution is 7.88. The number of carbonyl (C=O) groups excluding carboxylic acids is 1. The third kappa shape index (κ3) is 3.57. The van der Waals surface area contributed by atoms with E-state index in [1.54, 1.807) is 0 Å². The van der Waals surface area contributed by atoms with Crippen LogP contribution in [0.2, 0.25) is 0 Å². The molecule has 8 nitrogen and oxygen atoms in total. The van der Waals surface area contributed by atoms with Gasteiger partial charge in [0.1, 0.15) is 11.9 Å². The molecule has 3 heterocycles. The van der Waals surface area contributed by atoms with Crippen molar-refractivity contribution >= 4 is 21.6 Å². The van der Waals surface area contributed by atoms with Crippen LogP contribution >= 0.6 is 0 Å². The molecule has 2 aromatic heterocycles. The number of fused-ring (bicyclic) bond motifs is 1. The smallest absolute Gasteiger partial charge is 0.238 e. The first-order valence-electron chi connectivity index (χ1n) is 8.00. The van der Waals surface area contributed by atoms with Gasteiger partial charge in [0.05, 0.1) is 6.26 Å². The summed E-state index contributed by atoms with van der Waals surface area (Å²) >= 11 is 0. The van der Waals surface area contributed by atoms with Gasteiger partial charge in [-0.3, -0.25) is 9.20 Å². The Bertz CT molecular complexity index is 833. The van der Waals surface area contributed by atoms with E-state index in [0.717, 1.165) is 30.6 Å². The highest BCUT2D eigenvalue weighted by atomic mass is 32.2. The molecule has 0 saturated carbocycles. The summed E-state index contributed by atoms with van der Waals surface area (Å²) in [7, 11) is -3.37. The first-order chi connectivity index (χ1) is 11.5. The molecule has 1 unspecified atom stereocenters. The molecule has 3 rings (SSSR count). The van der Waals surface area contributed by atoms with Crippen molar-refractivity contribution in [2.24, 2.45) is 0 Å². The van der Waals surface area contributed by atoms with Gasteiger partial charge in [-0.1, -0.05) is 12.5 Å². The number of nitrogens with zero attached hydrogens (tertiary/aromatic N) is 4. The van der Waals surface area contributed by atoms with Crippen molar-refractivity contribution in [3.63, 3.8) is 0 Å². The molecule has 1 N–H and O–H groups in total. The molecule has 9 heteroatoms. The van der Waals surface area contributed by atoms with Crippen molar-refractivity contribution in [3.8, 4) is 0 Å². The fourth-order valence-electron chi connectivity index (χ4n) is 3.04. The summed E-state index contributed by atoms with van der Waals surface area (Å²) in [5.41, 5.74) is 0.759. The van der Waals surface area contributed by atoms with Crippen molar-refractivity contribution in [3.05, 3.63) is 30.2 Å². The number of pyridine rings is 1. The third-order valence-corrected chi connectivity index (χ3v) is 5.50. The molecule has 0 aliphatic carbocycles. The standard InChI is InChI=1S/C15H21N5O3S/c1-24(22,23)20-11-5-2-6-12(20)15(21)16-9-8-14-18-17-13-7-3-4-10-19(13)14/h3-4,7,10,12H,2,5-6,8-9,11H2,1H3,(H,16,21). The van der Waals surface area contributed by atoms with Gasteiger partial charge in [-0.15, -0.1) is 10.2 Å². The van der Waals surface area contributed by atoms with Crippen LogP contribution in [0.3, 0.4) is 0 Å². The third-order valence-electron chi connectivity index (χ3n) is 4.21. The number of carbonyl (C=O) groups is 1. The molecule has 130 valence electrons. The predicted octanol–water partition coefficient (Wildman–Crippen LogP) is 0.202. The fourth-order valence-corrected chi connectivity index (χ4v) is 4.16. The Hall–Kier alpha value is -2.00. The second-order valence-corrected chi connectivity index (χ2v) is 7.91. The lowest BCUT2D eigenvalue weighted by molar-refractivity contribution is -0.125. The maximum atomic E-state index is 12.4. The van der Waals surface area contributed by atoms with Gasteiger partial charge in [-0.2, -0.15) is 4.31 Å². The van der Waals surface area contributed by atoms with Gasteiger partial charge in [0.2, 0.25) is 15.9 Å². The van der Waals surface area contributed by atoms with Crippen LogP contribution in [0.5, 0.6) is 0 Å². The molecule has 1 aliphatic heterocycles. The number of sulfonamides is 1. The molecule has 2 aromatic rings. The van der Waals surface area contributed by atoms with E-state index >= 15 is 0 Å².